The Kier molecular flexibility index (Phi) is 2.25. The molecule has 0 amide bonds. The molecule has 0 aliphatic rings. The normalized spacial score (nSPS) is 10.7. The molecule has 2 aromatic rings. The minimum absolute atomic E-state index is 0.0643. The second-order valence-corrected chi connectivity index (χ2v) is 4.22. The Labute approximate surface area is 85.9 Å². The smallest absolute Gasteiger partial charge is 0.229 e. The predicted molar refractivity (Wildman–Crippen MR) is 54.5 cm³/mol. The van der Waals surface area contributed by atoms with Crippen molar-refractivity contribution in [1.29, 1.82) is 0 Å². The van der Waals surface area contributed by atoms with Gasteiger partial charge in [-0.05, 0) is 6.92 Å². The largest absolute Gasteiger partial charge is 0.492 e. The number of hydrogen-bond donors (Lipinski definition) is 1. The van der Waals surface area contributed by atoms with E-state index in [9.17, 15) is 0 Å². The van der Waals surface area contributed by atoms with Crippen LogP contribution in [-0.2, 0) is 13.5 Å². The van der Waals surface area contributed by atoms with E-state index in [4.69, 9.17) is 5.11 Å². The first-order valence-corrected chi connectivity index (χ1v) is 5.15. The van der Waals surface area contributed by atoms with Crippen molar-refractivity contribution in [3.05, 3.63) is 28.1 Å². The van der Waals surface area contributed by atoms with Gasteiger partial charge in [-0.1, -0.05) is 0 Å². The number of nitrogens with zero attached hydrogens (tertiary/aromatic N) is 3. The molecule has 0 radical (unpaired) electrons. The summed E-state index contributed by atoms with van der Waals surface area (Å²) in [5, 5.41) is 12.2. The molecule has 1 N–H and O–H groups in total. The summed E-state index contributed by atoms with van der Waals surface area (Å²) in [4.78, 5) is 8.34. The first-order chi connectivity index (χ1) is 6.65. The van der Waals surface area contributed by atoms with Crippen LogP contribution in [0, 0.1) is 6.92 Å². The number of aryl methyl sites for hydroxylation is 2. The van der Waals surface area contributed by atoms with Gasteiger partial charge in [0, 0.05) is 18.8 Å². The van der Waals surface area contributed by atoms with Gasteiger partial charge in [0.25, 0.3) is 0 Å². The monoisotopic (exact) mass is 209 g/mol. The first kappa shape index (κ1) is 9.21. The second-order valence-electron chi connectivity index (χ2n) is 3.16. The highest BCUT2D eigenvalue weighted by atomic mass is 32.1. The molecule has 2 aromatic heterocycles. The molecule has 0 fully saturated rings. The molecule has 0 atom stereocenters. The minimum Gasteiger partial charge on any atom is -0.492 e. The van der Waals surface area contributed by atoms with Crippen LogP contribution in [0.3, 0.4) is 0 Å². The van der Waals surface area contributed by atoms with Crippen molar-refractivity contribution in [2.45, 2.75) is 13.3 Å². The Hall–Kier alpha value is -1.36. The Bertz CT molecular complexity index is 447. The van der Waals surface area contributed by atoms with Crippen molar-refractivity contribution in [1.82, 2.24) is 14.5 Å². The summed E-state index contributed by atoms with van der Waals surface area (Å²) in [6.07, 6.45) is 2.26. The van der Waals surface area contributed by atoms with Crippen LogP contribution in [0.15, 0.2) is 11.6 Å². The zero-order valence-corrected chi connectivity index (χ0v) is 8.88. The van der Waals surface area contributed by atoms with Crippen LogP contribution in [-0.4, -0.2) is 19.6 Å². The van der Waals surface area contributed by atoms with Crippen LogP contribution in [0.5, 0.6) is 5.88 Å². The highest BCUT2D eigenvalue weighted by molar-refractivity contribution is 7.09. The molecule has 0 saturated carbocycles. The van der Waals surface area contributed by atoms with Crippen LogP contribution >= 0.6 is 11.3 Å². The Morgan fingerprint density at radius 2 is 2.29 bits per heavy atom. The summed E-state index contributed by atoms with van der Waals surface area (Å²) in [5.74, 6) is 0.891. The number of hydrogen-bond acceptors (Lipinski definition) is 4. The van der Waals surface area contributed by atoms with Gasteiger partial charge in [0.2, 0.25) is 5.88 Å². The Balaban J connectivity index is 2.22. The van der Waals surface area contributed by atoms with E-state index in [-0.39, 0.29) is 5.88 Å². The lowest BCUT2D eigenvalue weighted by atomic mass is 10.3. The predicted octanol–water partition coefficient (Wildman–Crippen LogP) is 1.48. The molecule has 14 heavy (non-hydrogen) atoms. The lowest BCUT2D eigenvalue weighted by Gasteiger charge is -1.96. The molecular formula is C9H11N3OS. The van der Waals surface area contributed by atoms with Crippen molar-refractivity contribution >= 4 is 11.3 Å². The fourth-order valence-electron chi connectivity index (χ4n) is 1.30. The average Bonchev–Trinajstić information content (AvgIpc) is 2.61. The topological polar surface area (TPSA) is 50.9 Å². The molecule has 2 heterocycles. The van der Waals surface area contributed by atoms with Gasteiger partial charge in [-0.2, -0.15) is 4.98 Å². The highest BCUT2D eigenvalue weighted by Gasteiger charge is 2.06. The number of imidazole rings is 1. The van der Waals surface area contributed by atoms with Gasteiger partial charge in [-0.3, -0.25) is 0 Å². The highest BCUT2D eigenvalue weighted by Crippen LogP contribution is 2.14. The third-order valence-corrected chi connectivity index (χ3v) is 2.79. The molecule has 0 aliphatic heterocycles. The van der Waals surface area contributed by atoms with Gasteiger partial charge in [0.1, 0.15) is 5.82 Å². The van der Waals surface area contributed by atoms with E-state index in [1.54, 1.807) is 17.5 Å². The third-order valence-electron chi connectivity index (χ3n) is 1.97. The zero-order valence-electron chi connectivity index (χ0n) is 8.06. The summed E-state index contributed by atoms with van der Waals surface area (Å²) in [5.41, 5.74) is 1.00. The van der Waals surface area contributed by atoms with Gasteiger partial charge in [0.05, 0.1) is 16.9 Å². The summed E-state index contributed by atoms with van der Waals surface area (Å²) in [6.45, 7) is 1.98. The standard InChI is InChI=1S/C9H11N3OS/c1-6-10-7(5-14-6)3-8-11-9(13)4-12(8)2/h4-5,13H,3H2,1-2H3. The molecule has 0 saturated heterocycles. The van der Waals surface area contributed by atoms with Crippen molar-refractivity contribution in [3.63, 3.8) is 0 Å². The van der Waals surface area contributed by atoms with E-state index >= 15 is 0 Å². The Morgan fingerprint density at radius 1 is 1.50 bits per heavy atom. The molecule has 0 aliphatic carbocycles. The fraction of sp³-hybridized carbons (Fsp3) is 0.333. The van der Waals surface area contributed by atoms with E-state index in [1.165, 1.54) is 0 Å². The van der Waals surface area contributed by atoms with Crippen LogP contribution in [0.2, 0.25) is 0 Å². The van der Waals surface area contributed by atoms with Crippen molar-refractivity contribution in [3.8, 4) is 5.88 Å². The van der Waals surface area contributed by atoms with Gasteiger partial charge in [-0.15, -0.1) is 11.3 Å². The molecule has 4 nitrogen and oxygen atoms in total. The van der Waals surface area contributed by atoms with Gasteiger partial charge < -0.3 is 9.67 Å². The molecule has 0 spiro atoms. The molecule has 2 rings (SSSR count). The molecule has 74 valence electrons. The summed E-state index contributed by atoms with van der Waals surface area (Å²) >= 11 is 1.63. The van der Waals surface area contributed by atoms with Crippen LogP contribution < -0.4 is 0 Å². The van der Waals surface area contributed by atoms with Crippen LogP contribution in [0.25, 0.3) is 0 Å². The summed E-state index contributed by atoms with van der Waals surface area (Å²) < 4.78 is 1.81. The van der Waals surface area contributed by atoms with E-state index in [1.807, 2.05) is 23.9 Å². The van der Waals surface area contributed by atoms with Gasteiger partial charge in [-0.25, -0.2) is 4.98 Å². The summed E-state index contributed by atoms with van der Waals surface area (Å²) in [7, 11) is 1.86. The van der Waals surface area contributed by atoms with Crippen molar-refractivity contribution in [2.75, 3.05) is 0 Å². The van der Waals surface area contributed by atoms with Crippen LogP contribution in [0.4, 0.5) is 0 Å². The minimum atomic E-state index is 0.0643. The van der Waals surface area contributed by atoms with Crippen molar-refractivity contribution in [2.24, 2.45) is 7.05 Å². The number of aromatic hydroxyl groups is 1. The molecule has 5 heteroatoms. The maximum Gasteiger partial charge on any atom is 0.229 e. The SMILES string of the molecule is Cc1nc(Cc2nc(O)cn2C)cs1. The van der Waals surface area contributed by atoms with E-state index in [0.717, 1.165) is 16.5 Å². The van der Waals surface area contributed by atoms with E-state index in [0.29, 0.717) is 6.42 Å². The Morgan fingerprint density at radius 3 is 2.79 bits per heavy atom. The zero-order chi connectivity index (χ0) is 10.1. The van der Waals surface area contributed by atoms with Gasteiger partial charge >= 0.3 is 0 Å². The number of thiazole rings is 1. The number of rotatable bonds is 2. The lowest BCUT2D eigenvalue weighted by molar-refractivity contribution is 0.455. The first-order valence-electron chi connectivity index (χ1n) is 4.27. The van der Waals surface area contributed by atoms with Gasteiger partial charge in [0.15, 0.2) is 0 Å². The maximum absolute atomic E-state index is 9.17. The second kappa shape index (κ2) is 3.42. The van der Waals surface area contributed by atoms with Crippen LogP contribution in [0.1, 0.15) is 16.5 Å². The number of aromatic nitrogens is 3. The average molecular weight is 209 g/mol. The van der Waals surface area contributed by atoms with E-state index < -0.39 is 0 Å². The molecule has 0 bridgehead atoms. The summed E-state index contributed by atoms with van der Waals surface area (Å²) in [6, 6.07) is 0. The quantitative estimate of drug-likeness (QED) is 0.815. The molecular weight excluding hydrogens is 198 g/mol. The molecule has 0 unspecified atom stereocenters. The van der Waals surface area contributed by atoms with Crippen molar-refractivity contribution < 1.29 is 5.11 Å². The lowest BCUT2D eigenvalue weighted by Crippen LogP contribution is -1.98. The fourth-order valence-corrected chi connectivity index (χ4v) is 1.92. The maximum atomic E-state index is 9.17. The molecule has 0 aromatic carbocycles. The van der Waals surface area contributed by atoms with E-state index in [2.05, 4.69) is 9.97 Å². The third kappa shape index (κ3) is 1.77.